The van der Waals surface area contributed by atoms with Crippen LogP contribution < -0.4 is 0 Å². The highest BCUT2D eigenvalue weighted by molar-refractivity contribution is 5.53. The Morgan fingerprint density at radius 1 is 1.50 bits per heavy atom. The first-order chi connectivity index (χ1) is 4.57. The quantitative estimate of drug-likeness (QED) is 0.433. The van der Waals surface area contributed by atoms with Crippen molar-refractivity contribution in [1.29, 1.82) is 0 Å². The maximum Gasteiger partial charge on any atom is 0.123 e. The molecule has 1 unspecified atom stereocenters. The number of carbonyl (C=O) groups is 1. The molecule has 0 aliphatic carbocycles. The Bertz CT molecular complexity index is 125. The van der Waals surface area contributed by atoms with Gasteiger partial charge >= 0.3 is 0 Å². The molecule has 0 aliphatic rings. The number of allylic oxidation sites excluding steroid dienone is 1. The SMILES string of the molecule is C=C(CC(C)C=O)C(C)C. The molecule has 1 atom stereocenters. The van der Waals surface area contributed by atoms with Crippen LogP contribution in [-0.2, 0) is 4.79 Å². The van der Waals surface area contributed by atoms with Crippen molar-refractivity contribution in [3.8, 4) is 0 Å². The Morgan fingerprint density at radius 2 is 2.00 bits per heavy atom. The molecule has 0 spiro atoms. The van der Waals surface area contributed by atoms with Crippen LogP contribution in [0.25, 0.3) is 0 Å². The average Bonchev–Trinajstić information content (AvgIpc) is 1.87. The van der Waals surface area contributed by atoms with Crippen molar-refractivity contribution in [3.63, 3.8) is 0 Å². The highest BCUT2D eigenvalue weighted by Crippen LogP contribution is 2.15. The molecule has 0 fully saturated rings. The normalized spacial score (nSPS) is 13.2. The number of hydrogen-bond acceptors (Lipinski definition) is 1. The molecule has 0 aromatic rings. The molecule has 0 aromatic carbocycles. The van der Waals surface area contributed by atoms with E-state index >= 15 is 0 Å². The van der Waals surface area contributed by atoms with Gasteiger partial charge in [0.25, 0.3) is 0 Å². The molecule has 0 bridgehead atoms. The summed E-state index contributed by atoms with van der Waals surface area (Å²) in [6.45, 7) is 9.99. The summed E-state index contributed by atoms with van der Waals surface area (Å²) in [7, 11) is 0. The summed E-state index contributed by atoms with van der Waals surface area (Å²) >= 11 is 0. The van der Waals surface area contributed by atoms with Gasteiger partial charge in [0.2, 0.25) is 0 Å². The second-order valence-electron chi connectivity index (χ2n) is 3.13. The number of aldehydes is 1. The molecular weight excluding hydrogens is 124 g/mol. The van der Waals surface area contributed by atoms with E-state index in [1.807, 2.05) is 6.92 Å². The highest BCUT2D eigenvalue weighted by atomic mass is 16.1. The fourth-order valence-corrected chi connectivity index (χ4v) is 0.697. The van der Waals surface area contributed by atoms with Gasteiger partial charge < -0.3 is 4.79 Å². The lowest BCUT2D eigenvalue weighted by Gasteiger charge is -2.10. The van der Waals surface area contributed by atoms with Gasteiger partial charge in [-0.2, -0.15) is 0 Å². The summed E-state index contributed by atoms with van der Waals surface area (Å²) in [4.78, 5) is 10.2. The monoisotopic (exact) mass is 140 g/mol. The molecule has 0 rings (SSSR count). The Balaban J connectivity index is 3.68. The first-order valence-electron chi connectivity index (χ1n) is 3.71. The van der Waals surface area contributed by atoms with Gasteiger partial charge in [0, 0.05) is 5.92 Å². The molecule has 58 valence electrons. The molecule has 1 nitrogen and oxygen atoms in total. The minimum atomic E-state index is 0.134. The van der Waals surface area contributed by atoms with Crippen LogP contribution in [0, 0.1) is 11.8 Å². The molecule has 0 saturated carbocycles. The maximum absolute atomic E-state index is 10.2. The molecule has 0 aliphatic heterocycles. The zero-order valence-electron chi connectivity index (χ0n) is 7.05. The summed E-state index contributed by atoms with van der Waals surface area (Å²) in [5, 5.41) is 0. The summed E-state index contributed by atoms with van der Waals surface area (Å²) < 4.78 is 0. The minimum absolute atomic E-state index is 0.134. The fourth-order valence-electron chi connectivity index (χ4n) is 0.697. The molecule has 0 heterocycles. The first kappa shape index (κ1) is 9.41. The number of hydrogen-bond donors (Lipinski definition) is 0. The van der Waals surface area contributed by atoms with Crippen molar-refractivity contribution >= 4 is 6.29 Å². The van der Waals surface area contributed by atoms with Crippen molar-refractivity contribution in [3.05, 3.63) is 12.2 Å². The van der Waals surface area contributed by atoms with E-state index in [1.165, 1.54) is 5.57 Å². The van der Waals surface area contributed by atoms with E-state index in [0.717, 1.165) is 12.7 Å². The molecule has 1 heteroatoms. The van der Waals surface area contributed by atoms with Crippen LogP contribution in [0.5, 0.6) is 0 Å². The summed E-state index contributed by atoms with van der Waals surface area (Å²) in [6, 6.07) is 0. The van der Waals surface area contributed by atoms with Gasteiger partial charge in [0.1, 0.15) is 6.29 Å². The van der Waals surface area contributed by atoms with Crippen molar-refractivity contribution < 1.29 is 4.79 Å². The van der Waals surface area contributed by atoms with E-state index in [9.17, 15) is 4.79 Å². The van der Waals surface area contributed by atoms with Crippen LogP contribution >= 0.6 is 0 Å². The van der Waals surface area contributed by atoms with Crippen molar-refractivity contribution in [2.75, 3.05) is 0 Å². The fraction of sp³-hybridized carbons (Fsp3) is 0.667. The van der Waals surface area contributed by atoms with Gasteiger partial charge in [-0.25, -0.2) is 0 Å². The topological polar surface area (TPSA) is 17.1 Å². The predicted octanol–water partition coefficient (Wildman–Crippen LogP) is 2.42. The largest absolute Gasteiger partial charge is 0.303 e. The molecule has 10 heavy (non-hydrogen) atoms. The van der Waals surface area contributed by atoms with E-state index < -0.39 is 0 Å². The lowest BCUT2D eigenvalue weighted by molar-refractivity contribution is -0.110. The highest BCUT2D eigenvalue weighted by Gasteiger charge is 2.04. The van der Waals surface area contributed by atoms with Gasteiger partial charge in [-0.1, -0.05) is 32.9 Å². The van der Waals surface area contributed by atoms with Crippen molar-refractivity contribution in [1.82, 2.24) is 0 Å². The summed E-state index contributed by atoms with van der Waals surface area (Å²) in [6.07, 6.45) is 1.81. The average molecular weight is 140 g/mol. The third kappa shape index (κ3) is 3.44. The van der Waals surface area contributed by atoms with Gasteiger partial charge in [-0.3, -0.25) is 0 Å². The Hall–Kier alpha value is -0.590. The third-order valence-electron chi connectivity index (χ3n) is 1.63. The molecule has 0 N–H and O–H groups in total. The second-order valence-corrected chi connectivity index (χ2v) is 3.13. The molecule has 0 aromatic heterocycles. The summed E-state index contributed by atoms with van der Waals surface area (Å²) in [5.41, 5.74) is 1.17. The van der Waals surface area contributed by atoms with Crippen LogP contribution in [0.1, 0.15) is 27.2 Å². The number of carbonyl (C=O) groups excluding carboxylic acids is 1. The summed E-state index contributed by atoms with van der Waals surface area (Å²) in [5.74, 6) is 0.636. The van der Waals surface area contributed by atoms with E-state index in [4.69, 9.17) is 0 Å². The van der Waals surface area contributed by atoms with Crippen LogP contribution in [-0.4, -0.2) is 6.29 Å². The van der Waals surface area contributed by atoms with Gasteiger partial charge in [0.05, 0.1) is 0 Å². The van der Waals surface area contributed by atoms with E-state index in [2.05, 4.69) is 20.4 Å². The van der Waals surface area contributed by atoms with Gasteiger partial charge in [-0.15, -0.1) is 0 Å². The minimum Gasteiger partial charge on any atom is -0.303 e. The van der Waals surface area contributed by atoms with E-state index in [-0.39, 0.29) is 5.92 Å². The van der Waals surface area contributed by atoms with Crippen LogP contribution in [0.4, 0.5) is 0 Å². The Kier molecular flexibility index (Phi) is 4.01. The molecule has 0 radical (unpaired) electrons. The van der Waals surface area contributed by atoms with Crippen LogP contribution in [0.3, 0.4) is 0 Å². The van der Waals surface area contributed by atoms with Gasteiger partial charge in [0.15, 0.2) is 0 Å². The number of rotatable bonds is 4. The van der Waals surface area contributed by atoms with E-state index in [1.54, 1.807) is 0 Å². The second kappa shape index (κ2) is 4.26. The standard InChI is InChI=1S/C9H16O/c1-7(2)9(4)5-8(3)6-10/h6-8H,4-5H2,1-3H3. The lowest BCUT2D eigenvalue weighted by Crippen LogP contribution is -2.01. The van der Waals surface area contributed by atoms with Gasteiger partial charge in [-0.05, 0) is 12.3 Å². The lowest BCUT2D eigenvalue weighted by atomic mass is 9.95. The predicted molar refractivity (Wildman–Crippen MR) is 43.8 cm³/mol. The molecule has 0 amide bonds. The zero-order valence-corrected chi connectivity index (χ0v) is 7.05. The Morgan fingerprint density at radius 3 is 2.30 bits per heavy atom. The van der Waals surface area contributed by atoms with Crippen molar-refractivity contribution in [2.45, 2.75) is 27.2 Å². The Labute approximate surface area is 63.1 Å². The molecular formula is C9H16O. The maximum atomic E-state index is 10.2. The first-order valence-corrected chi connectivity index (χ1v) is 3.71. The zero-order chi connectivity index (χ0) is 8.15. The van der Waals surface area contributed by atoms with Crippen LogP contribution in [0.2, 0.25) is 0 Å². The third-order valence-corrected chi connectivity index (χ3v) is 1.63. The smallest absolute Gasteiger partial charge is 0.123 e. The van der Waals surface area contributed by atoms with E-state index in [0.29, 0.717) is 5.92 Å². The molecule has 0 saturated heterocycles. The van der Waals surface area contributed by atoms with Crippen LogP contribution in [0.15, 0.2) is 12.2 Å². The van der Waals surface area contributed by atoms with Crippen molar-refractivity contribution in [2.24, 2.45) is 11.8 Å².